The minimum atomic E-state index is -0.229. The van der Waals surface area contributed by atoms with Gasteiger partial charge in [-0.05, 0) is 59.5 Å². The Labute approximate surface area is 184 Å². The van der Waals surface area contributed by atoms with E-state index in [2.05, 4.69) is 37.6 Å². The molecule has 2 aromatic heterocycles. The van der Waals surface area contributed by atoms with Crippen molar-refractivity contribution >= 4 is 11.9 Å². The van der Waals surface area contributed by atoms with Crippen LogP contribution in [0.4, 0.5) is 0 Å². The third kappa shape index (κ3) is 3.96. The lowest BCUT2D eigenvalue weighted by molar-refractivity contribution is 0.0534. The molecule has 5 rings (SSSR count). The summed E-state index contributed by atoms with van der Waals surface area (Å²) in [5, 5.41) is 14.1. The molecule has 10 heteroatoms. The van der Waals surface area contributed by atoms with Gasteiger partial charge < -0.3 is 15.0 Å². The number of nitrogens with zero attached hydrogens (tertiary/aromatic N) is 6. The zero-order valence-corrected chi connectivity index (χ0v) is 17.7. The third-order valence-corrected chi connectivity index (χ3v) is 6.18. The number of carbonyl (C=O) groups excluding carboxylic acids is 2. The minimum absolute atomic E-state index is 0.0932. The average molecular weight is 433 g/mol. The van der Waals surface area contributed by atoms with Gasteiger partial charge >= 0.3 is 5.97 Å². The van der Waals surface area contributed by atoms with Gasteiger partial charge in [-0.3, -0.25) is 4.79 Å². The van der Waals surface area contributed by atoms with Gasteiger partial charge in [0.25, 0.3) is 5.91 Å². The first kappa shape index (κ1) is 20.3. The van der Waals surface area contributed by atoms with Crippen LogP contribution in [0.15, 0.2) is 36.8 Å². The Kier molecular flexibility index (Phi) is 5.36. The van der Waals surface area contributed by atoms with Crippen LogP contribution >= 0.6 is 0 Å². The Morgan fingerprint density at radius 2 is 2.19 bits per heavy atom. The van der Waals surface area contributed by atoms with Gasteiger partial charge in [-0.1, -0.05) is 6.07 Å². The number of ether oxygens (including phenoxy) is 1. The predicted molar refractivity (Wildman–Crippen MR) is 113 cm³/mol. The molecule has 0 radical (unpaired) electrons. The maximum Gasteiger partial charge on any atom is 0.338 e. The van der Waals surface area contributed by atoms with E-state index in [1.54, 1.807) is 18.3 Å². The fraction of sp³-hybridized carbons (Fsp3) is 0.364. The molecule has 164 valence electrons. The number of cyclic esters (lactones) is 1. The smallest absolute Gasteiger partial charge is 0.338 e. The van der Waals surface area contributed by atoms with Crippen molar-refractivity contribution in [3.05, 3.63) is 64.7 Å². The van der Waals surface area contributed by atoms with E-state index < -0.39 is 0 Å². The van der Waals surface area contributed by atoms with Gasteiger partial charge in [-0.15, -0.1) is 5.10 Å². The fourth-order valence-electron chi connectivity index (χ4n) is 4.30. The number of likely N-dealkylation sites (tertiary alicyclic amines) is 1. The molecule has 0 aliphatic carbocycles. The van der Waals surface area contributed by atoms with Crippen molar-refractivity contribution < 1.29 is 14.3 Å². The van der Waals surface area contributed by atoms with Crippen molar-refractivity contribution in [2.24, 2.45) is 0 Å². The highest BCUT2D eigenvalue weighted by atomic mass is 16.5. The molecule has 1 unspecified atom stereocenters. The van der Waals surface area contributed by atoms with E-state index in [1.807, 2.05) is 12.1 Å². The molecule has 1 amide bonds. The summed E-state index contributed by atoms with van der Waals surface area (Å²) in [5.41, 5.74) is 5.14. The molecule has 1 atom stereocenters. The van der Waals surface area contributed by atoms with Crippen molar-refractivity contribution in [3.8, 4) is 5.69 Å². The Balaban J connectivity index is 1.13. The Morgan fingerprint density at radius 1 is 1.28 bits per heavy atom. The molecule has 2 aliphatic heterocycles. The second kappa shape index (κ2) is 8.46. The Bertz CT molecular complexity index is 1150. The molecule has 1 aromatic carbocycles. The molecule has 1 fully saturated rings. The minimum Gasteiger partial charge on any atom is -0.457 e. The van der Waals surface area contributed by atoms with Gasteiger partial charge in [-0.25, -0.2) is 9.78 Å². The molecule has 0 spiro atoms. The van der Waals surface area contributed by atoms with E-state index in [9.17, 15) is 9.59 Å². The Morgan fingerprint density at radius 3 is 2.97 bits per heavy atom. The summed E-state index contributed by atoms with van der Waals surface area (Å²) in [6.45, 7) is 5.07. The van der Waals surface area contributed by atoms with Crippen LogP contribution in [0, 0.1) is 6.92 Å². The number of hydrogen-bond donors (Lipinski definition) is 1. The van der Waals surface area contributed by atoms with Crippen molar-refractivity contribution in [1.29, 1.82) is 0 Å². The molecular weight excluding hydrogens is 410 g/mol. The summed E-state index contributed by atoms with van der Waals surface area (Å²) in [4.78, 5) is 30.9. The standard InChI is InChI=1S/C22H23N7O3/c1-14-15(2-4-18-19(14)12-32-22(18)31)6-8-28-9-7-16(11-28)25-21(30)20-5-3-17(10-23-20)29-13-24-26-27-29/h2-5,10,13,16H,6-9,11-12H2,1H3,(H,25,30). The van der Waals surface area contributed by atoms with Crippen LogP contribution in [0.2, 0.25) is 0 Å². The molecule has 0 saturated carbocycles. The van der Waals surface area contributed by atoms with Crippen molar-refractivity contribution in [2.75, 3.05) is 19.6 Å². The summed E-state index contributed by atoms with van der Waals surface area (Å²) < 4.78 is 6.63. The number of rotatable bonds is 6. The van der Waals surface area contributed by atoms with Crippen LogP contribution in [-0.2, 0) is 17.8 Å². The Hall–Kier alpha value is -3.66. The molecule has 4 heterocycles. The number of amides is 1. The quantitative estimate of drug-likeness (QED) is 0.575. The molecule has 2 aliphatic rings. The number of fused-ring (bicyclic) bond motifs is 1. The normalized spacial score (nSPS) is 17.9. The fourth-order valence-corrected chi connectivity index (χ4v) is 4.30. The summed E-state index contributed by atoms with van der Waals surface area (Å²) in [6.07, 6.45) is 4.85. The van der Waals surface area contributed by atoms with Gasteiger partial charge in [0.2, 0.25) is 0 Å². The predicted octanol–water partition coefficient (Wildman–Crippen LogP) is 1.08. The lowest BCUT2D eigenvalue weighted by Gasteiger charge is -2.18. The van der Waals surface area contributed by atoms with E-state index in [-0.39, 0.29) is 17.9 Å². The maximum atomic E-state index is 12.6. The van der Waals surface area contributed by atoms with E-state index in [0.717, 1.165) is 43.6 Å². The first-order valence-electron chi connectivity index (χ1n) is 10.6. The largest absolute Gasteiger partial charge is 0.457 e. The van der Waals surface area contributed by atoms with Crippen LogP contribution in [0.25, 0.3) is 5.69 Å². The zero-order chi connectivity index (χ0) is 22.1. The number of tetrazole rings is 1. The van der Waals surface area contributed by atoms with Crippen molar-refractivity contribution in [2.45, 2.75) is 32.4 Å². The summed E-state index contributed by atoms with van der Waals surface area (Å²) in [5.74, 6) is -0.411. The van der Waals surface area contributed by atoms with E-state index >= 15 is 0 Å². The summed E-state index contributed by atoms with van der Waals surface area (Å²) in [6, 6.07) is 7.43. The molecule has 1 saturated heterocycles. The number of benzene rings is 1. The van der Waals surface area contributed by atoms with Crippen LogP contribution in [0.3, 0.4) is 0 Å². The highest BCUT2D eigenvalue weighted by molar-refractivity contribution is 5.94. The number of aromatic nitrogens is 5. The van der Waals surface area contributed by atoms with Gasteiger partial charge in [-0.2, -0.15) is 4.68 Å². The van der Waals surface area contributed by atoms with Gasteiger partial charge in [0.1, 0.15) is 18.6 Å². The number of pyridine rings is 1. The third-order valence-electron chi connectivity index (χ3n) is 6.18. The van der Waals surface area contributed by atoms with E-state index in [0.29, 0.717) is 23.6 Å². The van der Waals surface area contributed by atoms with Crippen molar-refractivity contribution in [1.82, 2.24) is 35.4 Å². The zero-order valence-electron chi connectivity index (χ0n) is 17.7. The second-order valence-corrected chi connectivity index (χ2v) is 8.12. The lowest BCUT2D eigenvalue weighted by atomic mass is 9.97. The SMILES string of the molecule is Cc1c(CCN2CCC(NC(=O)c3ccc(-n4cnnn4)cn3)C2)ccc2c1COC2=O. The first-order chi connectivity index (χ1) is 15.6. The van der Waals surface area contributed by atoms with E-state index in [4.69, 9.17) is 4.74 Å². The van der Waals surface area contributed by atoms with Crippen LogP contribution in [0.1, 0.15) is 44.0 Å². The number of nitrogens with one attached hydrogen (secondary N) is 1. The molecule has 0 bridgehead atoms. The molecule has 1 N–H and O–H groups in total. The highest BCUT2D eigenvalue weighted by Crippen LogP contribution is 2.26. The number of esters is 1. The van der Waals surface area contributed by atoms with Crippen molar-refractivity contribution in [3.63, 3.8) is 0 Å². The summed E-state index contributed by atoms with van der Waals surface area (Å²) in [7, 11) is 0. The molecule has 32 heavy (non-hydrogen) atoms. The average Bonchev–Trinajstić information content (AvgIpc) is 3.56. The van der Waals surface area contributed by atoms with Gasteiger partial charge in [0.15, 0.2) is 0 Å². The topological polar surface area (TPSA) is 115 Å². The monoisotopic (exact) mass is 433 g/mol. The lowest BCUT2D eigenvalue weighted by Crippen LogP contribution is -2.37. The van der Waals surface area contributed by atoms with Gasteiger partial charge in [0.05, 0.1) is 17.4 Å². The number of hydrogen-bond acceptors (Lipinski definition) is 8. The van der Waals surface area contributed by atoms with Crippen LogP contribution in [0.5, 0.6) is 0 Å². The first-order valence-corrected chi connectivity index (χ1v) is 10.6. The second-order valence-electron chi connectivity index (χ2n) is 8.12. The van der Waals surface area contributed by atoms with Crippen LogP contribution in [-0.4, -0.2) is 67.6 Å². The maximum absolute atomic E-state index is 12.6. The van der Waals surface area contributed by atoms with Gasteiger partial charge in [0, 0.05) is 31.2 Å². The molecular formula is C22H23N7O3. The number of carbonyl (C=O) groups is 2. The molecule has 3 aromatic rings. The molecule has 10 nitrogen and oxygen atoms in total. The van der Waals surface area contributed by atoms with Crippen LogP contribution < -0.4 is 5.32 Å². The highest BCUT2D eigenvalue weighted by Gasteiger charge is 2.26. The van der Waals surface area contributed by atoms with E-state index in [1.165, 1.54) is 16.6 Å². The summed E-state index contributed by atoms with van der Waals surface area (Å²) >= 11 is 0.